The van der Waals surface area contributed by atoms with E-state index in [4.69, 9.17) is 16.3 Å². The Labute approximate surface area is 222 Å². The number of benzene rings is 3. The molecule has 0 saturated heterocycles. The summed E-state index contributed by atoms with van der Waals surface area (Å²) in [7, 11) is 1.27. The molecule has 38 heavy (non-hydrogen) atoms. The first-order valence-electron chi connectivity index (χ1n) is 11.6. The van der Waals surface area contributed by atoms with Crippen LogP contribution in [0.3, 0.4) is 0 Å². The standard InChI is InChI=1S/C29H23ClF4N2O2/c1-38-27(37)21-9-5-8-20(12-21)17-36-28(16-19-6-3-2-4-7-19,26-11-10-24(30)18-35-26)22-13-23(29(32,33)34)15-25(31)14-22/h2-15,18,36H,16-17H2,1H3/t28-/m0/s1. The molecule has 1 atom stereocenters. The van der Waals surface area contributed by atoms with Crippen LogP contribution in [-0.4, -0.2) is 18.1 Å². The van der Waals surface area contributed by atoms with E-state index in [1.54, 1.807) is 36.4 Å². The molecule has 3 aromatic carbocycles. The highest BCUT2D eigenvalue weighted by molar-refractivity contribution is 6.30. The SMILES string of the molecule is COC(=O)c1cccc(CN[C@@](Cc2ccccc2)(c2cc(F)cc(C(F)(F)F)c2)c2ccc(Cl)cn2)c1. The number of rotatable bonds is 8. The van der Waals surface area contributed by atoms with Gasteiger partial charge in [0.05, 0.1) is 34.5 Å². The molecule has 9 heteroatoms. The first kappa shape index (κ1) is 27.3. The second-order valence-corrected chi connectivity index (χ2v) is 9.14. The fraction of sp³-hybridized carbons (Fsp3) is 0.172. The molecule has 0 spiro atoms. The van der Waals surface area contributed by atoms with Gasteiger partial charge in [-0.1, -0.05) is 54.1 Å². The van der Waals surface area contributed by atoms with Gasteiger partial charge < -0.3 is 4.74 Å². The van der Waals surface area contributed by atoms with Crippen molar-refractivity contribution in [2.24, 2.45) is 0 Å². The molecule has 0 amide bonds. The number of aromatic nitrogens is 1. The number of esters is 1. The van der Waals surface area contributed by atoms with E-state index in [1.165, 1.54) is 13.3 Å². The normalized spacial score (nSPS) is 13.1. The van der Waals surface area contributed by atoms with Crippen molar-refractivity contribution in [1.82, 2.24) is 10.3 Å². The van der Waals surface area contributed by atoms with Crippen LogP contribution >= 0.6 is 11.6 Å². The minimum Gasteiger partial charge on any atom is -0.465 e. The van der Waals surface area contributed by atoms with Crippen LogP contribution in [0.2, 0.25) is 5.02 Å². The Balaban J connectivity index is 1.90. The molecule has 4 nitrogen and oxygen atoms in total. The van der Waals surface area contributed by atoms with Crippen LogP contribution < -0.4 is 5.32 Å². The Bertz CT molecular complexity index is 1410. The molecule has 0 radical (unpaired) electrons. The highest BCUT2D eigenvalue weighted by Crippen LogP contribution is 2.38. The number of carbonyl (C=O) groups excluding carboxylic acids is 1. The van der Waals surface area contributed by atoms with Crippen molar-refractivity contribution in [3.63, 3.8) is 0 Å². The maximum absolute atomic E-state index is 14.7. The van der Waals surface area contributed by atoms with Crippen LogP contribution in [0.4, 0.5) is 17.6 Å². The maximum atomic E-state index is 14.7. The number of carbonyl (C=O) groups is 1. The zero-order valence-corrected chi connectivity index (χ0v) is 21.0. The summed E-state index contributed by atoms with van der Waals surface area (Å²) in [5, 5.41) is 3.68. The van der Waals surface area contributed by atoms with Crippen LogP contribution in [0, 0.1) is 5.82 Å². The molecule has 0 aliphatic carbocycles. The Kier molecular flexibility index (Phi) is 8.14. The molecule has 0 aliphatic rings. The van der Waals surface area contributed by atoms with Crippen LogP contribution in [0.25, 0.3) is 0 Å². The van der Waals surface area contributed by atoms with Gasteiger partial charge in [0.25, 0.3) is 0 Å². The number of alkyl halides is 3. The van der Waals surface area contributed by atoms with Gasteiger partial charge in [0.2, 0.25) is 0 Å². The molecule has 1 heterocycles. The Morgan fingerprint density at radius 3 is 2.29 bits per heavy atom. The van der Waals surface area contributed by atoms with E-state index in [2.05, 4.69) is 10.3 Å². The van der Waals surface area contributed by atoms with E-state index in [1.807, 2.05) is 30.3 Å². The largest absolute Gasteiger partial charge is 0.465 e. The van der Waals surface area contributed by atoms with E-state index in [0.29, 0.717) is 27.9 Å². The lowest BCUT2D eigenvalue weighted by Gasteiger charge is -2.36. The lowest BCUT2D eigenvalue weighted by atomic mass is 9.79. The van der Waals surface area contributed by atoms with Crippen molar-refractivity contribution in [3.8, 4) is 0 Å². The summed E-state index contributed by atoms with van der Waals surface area (Å²) in [4.78, 5) is 16.5. The number of nitrogens with zero attached hydrogens (tertiary/aromatic N) is 1. The third-order valence-corrected chi connectivity index (χ3v) is 6.36. The molecule has 0 unspecified atom stereocenters. The van der Waals surface area contributed by atoms with Gasteiger partial charge in [-0.2, -0.15) is 13.2 Å². The first-order valence-corrected chi connectivity index (χ1v) is 11.9. The molecule has 0 aliphatic heterocycles. The number of nitrogens with one attached hydrogen (secondary N) is 1. The summed E-state index contributed by atoms with van der Waals surface area (Å²) in [6.07, 6.45) is -3.24. The summed E-state index contributed by atoms with van der Waals surface area (Å²) in [6.45, 7) is 0.111. The lowest BCUT2D eigenvalue weighted by Crippen LogP contribution is -2.46. The molecular weight excluding hydrogens is 520 g/mol. The smallest absolute Gasteiger partial charge is 0.416 e. The van der Waals surface area contributed by atoms with Gasteiger partial charge in [0, 0.05) is 19.2 Å². The molecule has 196 valence electrons. The highest BCUT2D eigenvalue weighted by Gasteiger charge is 2.39. The predicted octanol–water partition coefficient (Wildman–Crippen LogP) is 6.96. The average Bonchev–Trinajstić information content (AvgIpc) is 2.91. The fourth-order valence-electron chi connectivity index (χ4n) is 4.30. The van der Waals surface area contributed by atoms with E-state index < -0.39 is 29.1 Å². The van der Waals surface area contributed by atoms with Crippen LogP contribution in [0.1, 0.15) is 38.3 Å². The van der Waals surface area contributed by atoms with Crippen LogP contribution in [-0.2, 0) is 29.4 Å². The monoisotopic (exact) mass is 542 g/mol. The zero-order valence-electron chi connectivity index (χ0n) is 20.2. The second kappa shape index (κ2) is 11.3. The van der Waals surface area contributed by atoms with Gasteiger partial charge in [-0.15, -0.1) is 0 Å². The van der Waals surface area contributed by atoms with Gasteiger partial charge in [-0.25, -0.2) is 9.18 Å². The summed E-state index contributed by atoms with van der Waals surface area (Å²) in [5.41, 5.74) is -0.399. The summed E-state index contributed by atoms with van der Waals surface area (Å²) < 4.78 is 60.8. The Morgan fingerprint density at radius 1 is 0.921 bits per heavy atom. The highest BCUT2D eigenvalue weighted by atomic mass is 35.5. The average molecular weight is 543 g/mol. The topological polar surface area (TPSA) is 51.2 Å². The number of pyridine rings is 1. The molecular formula is C29H23ClF4N2O2. The van der Waals surface area contributed by atoms with Crippen molar-refractivity contribution in [2.75, 3.05) is 7.11 Å². The first-order chi connectivity index (χ1) is 18.1. The van der Waals surface area contributed by atoms with Gasteiger partial charge in [-0.05, 0) is 59.2 Å². The van der Waals surface area contributed by atoms with Crippen LogP contribution in [0.5, 0.6) is 0 Å². The van der Waals surface area contributed by atoms with Gasteiger partial charge in [0.15, 0.2) is 0 Å². The minimum absolute atomic E-state index is 0.0348. The Morgan fingerprint density at radius 2 is 1.63 bits per heavy atom. The van der Waals surface area contributed by atoms with Gasteiger partial charge in [-0.3, -0.25) is 10.3 Å². The van der Waals surface area contributed by atoms with Crippen molar-refractivity contribution in [1.29, 1.82) is 0 Å². The van der Waals surface area contributed by atoms with Gasteiger partial charge >= 0.3 is 12.1 Å². The maximum Gasteiger partial charge on any atom is 0.416 e. The third kappa shape index (κ3) is 6.20. The summed E-state index contributed by atoms with van der Waals surface area (Å²) in [5.74, 6) is -1.56. The van der Waals surface area contributed by atoms with Crippen molar-refractivity contribution in [2.45, 2.75) is 24.7 Å². The molecule has 4 rings (SSSR count). The van der Waals surface area contributed by atoms with Crippen molar-refractivity contribution >= 4 is 17.6 Å². The second-order valence-electron chi connectivity index (χ2n) is 8.70. The number of halogens is 5. The molecule has 1 aromatic heterocycles. The van der Waals surface area contributed by atoms with Crippen molar-refractivity contribution < 1.29 is 27.1 Å². The van der Waals surface area contributed by atoms with E-state index >= 15 is 0 Å². The summed E-state index contributed by atoms with van der Waals surface area (Å²) in [6, 6.07) is 21.4. The Hall–Kier alpha value is -3.75. The van der Waals surface area contributed by atoms with Crippen molar-refractivity contribution in [3.05, 3.63) is 135 Å². The lowest BCUT2D eigenvalue weighted by molar-refractivity contribution is -0.137. The third-order valence-electron chi connectivity index (χ3n) is 6.14. The van der Waals surface area contributed by atoms with E-state index in [-0.39, 0.29) is 18.5 Å². The van der Waals surface area contributed by atoms with E-state index in [9.17, 15) is 22.4 Å². The fourth-order valence-corrected chi connectivity index (χ4v) is 4.42. The minimum atomic E-state index is -4.77. The molecule has 0 bridgehead atoms. The number of methoxy groups -OCH3 is 1. The van der Waals surface area contributed by atoms with E-state index in [0.717, 1.165) is 17.7 Å². The molecule has 4 aromatic rings. The predicted molar refractivity (Wildman–Crippen MR) is 136 cm³/mol. The number of hydrogen-bond donors (Lipinski definition) is 1. The summed E-state index contributed by atoms with van der Waals surface area (Å²) >= 11 is 6.08. The molecule has 1 N–H and O–H groups in total. The number of ether oxygens (including phenoxy) is 1. The van der Waals surface area contributed by atoms with Gasteiger partial charge in [0.1, 0.15) is 5.82 Å². The molecule has 0 saturated carbocycles. The quantitative estimate of drug-likeness (QED) is 0.193. The van der Waals surface area contributed by atoms with Crippen LogP contribution in [0.15, 0.2) is 91.1 Å². The molecule has 0 fully saturated rings. The zero-order chi connectivity index (χ0) is 27.3. The number of hydrogen-bond acceptors (Lipinski definition) is 4.